The van der Waals surface area contributed by atoms with E-state index in [2.05, 4.69) is 15.6 Å². The van der Waals surface area contributed by atoms with Gasteiger partial charge in [0.1, 0.15) is 0 Å². The van der Waals surface area contributed by atoms with E-state index in [0.717, 1.165) is 51.6 Å². The second kappa shape index (κ2) is 8.31. The van der Waals surface area contributed by atoms with Crippen molar-refractivity contribution >= 4 is 23.4 Å². The van der Waals surface area contributed by atoms with Crippen LogP contribution in [0.1, 0.15) is 65.4 Å². The number of aromatic nitrogens is 3. The number of nitrogens with zero attached hydrogens (tertiary/aromatic N) is 4. The van der Waals surface area contributed by atoms with Gasteiger partial charge in [0.25, 0.3) is 11.8 Å². The molecule has 7 nitrogen and oxygen atoms in total. The molecule has 1 aromatic carbocycles. The fourth-order valence-electron chi connectivity index (χ4n) is 4.02. The average molecular weight is 402 g/mol. The highest BCUT2D eigenvalue weighted by Crippen LogP contribution is 2.28. The van der Waals surface area contributed by atoms with Crippen molar-refractivity contribution in [3.05, 3.63) is 46.7 Å². The van der Waals surface area contributed by atoms with E-state index in [0.29, 0.717) is 16.3 Å². The first kappa shape index (κ1) is 18.9. The van der Waals surface area contributed by atoms with Crippen molar-refractivity contribution in [2.24, 2.45) is 0 Å². The van der Waals surface area contributed by atoms with Gasteiger partial charge in [0, 0.05) is 29.7 Å². The molecule has 1 aromatic heterocycles. The average Bonchev–Trinajstić information content (AvgIpc) is 3.40. The molecular weight excluding hydrogens is 378 g/mol. The molecule has 0 unspecified atom stereocenters. The molecular formula is C20H24ClN5O2. The third-order valence-corrected chi connectivity index (χ3v) is 5.85. The van der Waals surface area contributed by atoms with Crippen molar-refractivity contribution < 1.29 is 9.59 Å². The van der Waals surface area contributed by atoms with E-state index >= 15 is 0 Å². The third kappa shape index (κ3) is 4.19. The van der Waals surface area contributed by atoms with E-state index in [9.17, 15) is 9.59 Å². The number of likely N-dealkylation sites (tertiary alicyclic amines) is 1. The topological polar surface area (TPSA) is 80.1 Å². The lowest BCUT2D eigenvalue weighted by Crippen LogP contribution is -2.38. The Morgan fingerprint density at radius 1 is 1.11 bits per heavy atom. The zero-order valence-electron chi connectivity index (χ0n) is 15.7. The molecule has 1 N–H and O–H groups in total. The van der Waals surface area contributed by atoms with Crippen LogP contribution in [-0.2, 0) is 0 Å². The Hall–Kier alpha value is -2.41. The Balaban J connectivity index is 1.30. The van der Waals surface area contributed by atoms with Crippen molar-refractivity contribution in [3.63, 3.8) is 0 Å². The first-order valence-corrected chi connectivity index (χ1v) is 10.3. The fourth-order valence-corrected chi connectivity index (χ4v) is 4.21. The highest BCUT2D eigenvalue weighted by atomic mass is 35.5. The van der Waals surface area contributed by atoms with Crippen LogP contribution in [0.2, 0.25) is 5.02 Å². The second-order valence-electron chi connectivity index (χ2n) is 7.57. The quantitative estimate of drug-likeness (QED) is 0.853. The Labute approximate surface area is 169 Å². The van der Waals surface area contributed by atoms with Crippen LogP contribution in [0.3, 0.4) is 0 Å². The molecule has 2 aromatic rings. The SMILES string of the molecule is O=C(NC1CCC(n2cc(C(=O)N3CCCC3)nn2)CC1)c1cccc(Cl)c1. The number of carbonyl (C=O) groups is 2. The van der Waals surface area contributed by atoms with Crippen LogP contribution in [0, 0.1) is 0 Å². The summed E-state index contributed by atoms with van der Waals surface area (Å²) >= 11 is 5.96. The van der Waals surface area contributed by atoms with Gasteiger partial charge < -0.3 is 10.2 Å². The molecule has 1 saturated carbocycles. The summed E-state index contributed by atoms with van der Waals surface area (Å²) in [4.78, 5) is 26.7. The summed E-state index contributed by atoms with van der Waals surface area (Å²) in [5.74, 6) is -0.114. The summed E-state index contributed by atoms with van der Waals surface area (Å²) < 4.78 is 1.82. The van der Waals surface area contributed by atoms with Crippen LogP contribution in [0.5, 0.6) is 0 Å². The normalized spacial score (nSPS) is 22.2. The van der Waals surface area contributed by atoms with E-state index in [-0.39, 0.29) is 23.9 Å². The molecule has 2 amide bonds. The van der Waals surface area contributed by atoms with Crippen molar-refractivity contribution in [2.75, 3.05) is 13.1 Å². The van der Waals surface area contributed by atoms with Crippen LogP contribution >= 0.6 is 11.6 Å². The first-order valence-electron chi connectivity index (χ1n) is 9.88. The van der Waals surface area contributed by atoms with E-state index in [1.165, 1.54) is 0 Å². The van der Waals surface area contributed by atoms with E-state index < -0.39 is 0 Å². The summed E-state index contributed by atoms with van der Waals surface area (Å²) in [5.41, 5.74) is 1.01. The first-order chi connectivity index (χ1) is 13.6. The predicted molar refractivity (Wildman–Crippen MR) is 105 cm³/mol. The summed E-state index contributed by atoms with van der Waals surface area (Å²) in [6.07, 6.45) is 7.41. The fraction of sp³-hybridized carbons (Fsp3) is 0.500. The molecule has 1 saturated heterocycles. The van der Waals surface area contributed by atoms with Gasteiger partial charge in [-0.15, -0.1) is 5.10 Å². The lowest BCUT2D eigenvalue weighted by atomic mass is 9.91. The van der Waals surface area contributed by atoms with Crippen molar-refractivity contribution in [1.29, 1.82) is 0 Å². The molecule has 1 aliphatic carbocycles. The smallest absolute Gasteiger partial charge is 0.276 e. The number of benzene rings is 1. The van der Waals surface area contributed by atoms with Crippen molar-refractivity contribution in [2.45, 2.75) is 50.6 Å². The van der Waals surface area contributed by atoms with Gasteiger partial charge in [-0.2, -0.15) is 0 Å². The molecule has 2 aliphatic rings. The zero-order chi connectivity index (χ0) is 19.5. The summed E-state index contributed by atoms with van der Waals surface area (Å²) in [7, 11) is 0. The standard InChI is InChI=1S/C20H24ClN5O2/c21-15-5-3-4-14(12-15)19(27)22-16-6-8-17(9-7-16)26-13-18(23-24-26)20(28)25-10-1-2-11-25/h3-5,12-13,16-17H,1-2,6-11H2,(H,22,27). The Morgan fingerprint density at radius 3 is 2.57 bits per heavy atom. The van der Waals surface area contributed by atoms with Crippen LogP contribution in [0.25, 0.3) is 0 Å². The van der Waals surface area contributed by atoms with Gasteiger partial charge in [-0.1, -0.05) is 22.9 Å². The predicted octanol–water partition coefficient (Wildman–Crippen LogP) is 3.08. The number of halogens is 1. The number of hydrogen-bond donors (Lipinski definition) is 1. The molecule has 2 heterocycles. The maximum Gasteiger partial charge on any atom is 0.276 e. The summed E-state index contributed by atoms with van der Waals surface area (Å²) in [6, 6.07) is 7.33. The Bertz CT molecular complexity index is 854. The van der Waals surface area contributed by atoms with Gasteiger partial charge in [0.15, 0.2) is 5.69 Å². The summed E-state index contributed by atoms with van der Waals surface area (Å²) in [5, 5.41) is 11.9. The van der Waals surface area contributed by atoms with E-state index in [1.807, 2.05) is 9.58 Å². The molecule has 4 rings (SSSR count). The van der Waals surface area contributed by atoms with Crippen LogP contribution in [0.15, 0.2) is 30.5 Å². The largest absolute Gasteiger partial charge is 0.349 e. The lowest BCUT2D eigenvalue weighted by molar-refractivity contribution is 0.0786. The maximum atomic E-state index is 12.4. The zero-order valence-corrected chi connectivity index (χ0v) is 16.4. The number of nitrogens with one attached hydrogen (secondary N) is 1. The molecule has 0 atom stereocenters. The third-order valence-electron chi connectivity index (χ3n) is 5.62. The van der Waals surface area contributed by atoms with Gasteiger partial charge >= 0.3 is 0 Å². The molecule has 8 heteroatoms. The molecule has 2 fully saturated rings. The van der Waals surface area contributed by atoms with E-state index in [4.69, 9.17) is 11.6 Å². The highest BCUT2D eigenvalue weighted by Gasteiger charge is 2.27. The van der Waals surface area contributed by atoms with E-state index in [1.54, 1.807) is 30.5 Å². The molecule has 0 spiro atoms. The Morgan fingerprint density at radius 2 is 1.86 bits per heavy atom. The minimum absolute atomic E-state index is 0.0220. The monoisotopic (exact) mass is 401 g/mol. The van der Waals surface area contributed by atoms with Crippen LogP contribution in [0.4, 0.5) is 0 Å². The number of hydrogen-bond acceptors (Lipinski definition) is 4. The van der Waals surface area contributed by atoms with Crippen LogP contribution < -0.4 is 5.32 Å². The van der Waals surface area contributed by atoms with Gasteiger partial charge in [-0.3, -0.25) is 9.59 Å². The van der Waals surface area contributed by atoms with Gasteiger partial charge in [-0.25, -0.2) is 4.68 Å². The van der Waals surface area contributed by atoms with Gasteiger partial charge in [0.05, 0.1) is 12.2 Å². The minimum atomic E-state index is -0.0924. The van der Waals surface area contributed by atoms with Crippen molar-refractivity contribution in [1.82, 2.24) is 25.2 Å². The lowest BCUT2D eigenvalue weighted by Gasteiger charge is -2.29. The molecule has 1 aliphatic heterocycles. The highest BCUT2D eigenvalue weighted by molar-refractivity contribution is 6.30. The number of rotatable bonds is 4. The van der Waals surface area contributed by atoms with Crippen molar-refractivity contribution in [3.8, 4) is 0 Å². The molecule has 0 bridgehead atoms. The molecule has 148 valence electrons. The number of amides is 2. The maximum absolute atomic E-state index is 12.4. The minimum Gasteiger partial charge on any atom is -0.349 e. The second-order valence-corrected chi connectivity index (χ2v) is 8.01. The van der Waals surface area contributed by atoms with Gasteiger partial charge in [0.2, 0.25) is 0 Å². The molecule has 0 radical (unpaired) electrons. The van der Waals surface area contributed by atoms with Gasteiger partial charge in [-0.05, 0) is 56.7 Å². The molecule has 28 heavy (non-hydrogen) atoms. The van der Waals surface area contributed by atoms with Crippen LogP contribution in [-0.4, -0.2) is 50.8 Å². The summed E-state index contributed by atoms with van der Waals surface area (Å²) in [6.45, 7) is 1.62. The Kier molecular flexibility index (Phi) is 5.62. The number of carbonyl (C=O) groups excluding carboxylic acids is 2.